The fourth-order valence-corrected chi connectivity index (χ4v) is 4.19. The zero-order chi connectivity index (χ0) is 22.8. The summed E-state index contributed by atoms with van der Waals surface area (Å²) < 4.78 is 21.5. The number of rotatable bonds is 7. The minimum atomic E-state index is -1.01. The van der Waals surface area contributed by atoms with Gasteiger partial charge in [-0.1, -0.05) is 18.2 Å². The van der Waals surface area contributed by atoms with Crippen LogP contribution in [0.15, 0.2) is 36.4 Å². The highest BCUT2D eigenvalue weighted by atomic mass is 16.6. The van der Waals surface area contributed by atoms with Gasteiger partial charge in [0.15, 0.2) is 11.5 Å². The van der Waals surface area contributed by atoms with Crippen LogP contribution in [-0.2, 0) is 20.9 Å². The van der Waals surface area contributed by atoms with Crippen LogP contribution in [0.4, 0.5) is 0 Å². The second-order valence-electron chi connectivity index (χ2n) is 7.41. The van der Waals surface area contributed by atoms with E-state index in [0.717, 1.165) is 5.56 Å². The standard InChI is InChI=1S/C23H24N2O7/c1-29-16-7-5-4-6-13(16)12-24-21(27)15-9-11-18(26)25(15)22-14-8-10-17(30-2)20(31-3)19(14)23(28)32-22/h4-8,10,15,22H,9,11-12H2,1-3H3,(H,24,27)/t15-,22+/m1/s1. The predicted molar refractivity (Wildman–Crippen MR) is 112 cm³/mol. The zero-order valence-electron chi connectivity index (χ0n) is 18.0. The molecule has 2 aromatic carbocycles. The molecule has 0 bridgehead atoms. The Hall–Kier alpha value is -3.75. The molecule has 1 fully saturated rings. The van der Waals surface area contributed by atoms with Crippen LogP contribution in [-0.4, -0.2) is 50.1 Å². The number of fused-ring (bicyclic) bond motifs is 1. The summed E-state index contributed by atoms with van der Waals surface area (Å²) >= 11 is 0. The van der Waals surface area contributed by atoms with Gasteiger partial charge in [0.05, 0.1) is 21.3 Å². The number of cyclic esters (lactones) is 1. The Morgan fingerprint density at radius 1 is 1.06 bits per heavy atom. The first-order valence-corrected chi connectivity index (χ1v) is 10.2. The zero-order valence-corrected chi connectivity index (χ0v) is 18.0. The summed E-state index contributed by atoms with van der Waals surface area (Å²) in [5, 5.41) is 2.87. The number of hydrogen-bond donors (Lipinski definition) is 1. The highest BCUT2D eigenvalue weighted by Gasteiger charge is 2.47. The maximum Gasteiger partial charge on any atom is 0.344 e. The Balaban J connectivity index is 1.58. The van der Waals surface area contributed by atoms with Gasteiger partial charge in [0.2, 0.25) is 18.0 Å². The third kappa shape index (κ3) is 3.59. The number of likely N-dealkylation sites (tertiary alicyclic amines) is 1. The van der Waals surface area contributed by atoms with Gasteiger partial charge in [0.25, 0.3) is 0 Å². The molecule has 1 N–H and O–H groups in total. The van der Waals surface area contributed by atoms with E-state index in [1.165, 1.54) is 19.1 Å². The Morgan fingerprint density at radius 3 is 2.53 bits per heavy atom. The first kappa shape index (κ1) is 21.5. The molecule has 2 aromatic rings. The maximum atomic E-state index is 13.0. The van der Waals surface area contributed by atoms with Crippen LogP contribution in [0.5, 0.6) is 17.2 Å². The first-order valence-electron chi connectivity index (χ1n) is 10.2. The number of hydrogen-bond acceptors (Lipinski definition) is 7. The molecule has 0 unspecified atom stereocenters. The van der Waals surface area contributed by atoms with E-state index in [0.29, 0.717) is 23.5 Å². The number of nitrogens with one attached hydrogen (secondary N) is 1. The molecule has 2 aliphatic rings. The topological polar surface area (TPSA) is 103 Å². The summed E-state index contributed by atoms with van der Waals surface area (Å²) in [5.41, 5.74) is 1.48. The minimum absolute atomic E-state index is 0.184. The number of benzene rings is 2. The predicted octanol–water partition coefficient (Wildman–Crippen LogP) is 2.19. The van der Waals surface area contributed by atoms with Crippen molar-refractivity contribution in [2.45, 2.75) is 31.7 Å². The molecule has 0 radical (unpaired) electrons. The van der Waals surface area contributed by atoms with E-state index in [1.807, 2.05) is 24.3 Å². The molecule has 2 amide bonds. The van der Waals surface area contributed by atoms with Gasteiger partial charge in [0, 0.05) is 24.1 Å². The molecule has 2 heterocycles. The summed E-state index contributed by atoms with van der Waals surface area (Å²) in [4.78, 5) is 39.7. The van der Waals surface area contributed by atoms with Crippen molar-refractivity contribution in [2.24, 2.45) is 0 Å². The molecular weight excluding hydrogens is 416 g/mol. The molecule has 32 heavy (non-hydrogen) atoms. The molecule has 0 aliphatic carbocycles. The number of esters is 1. The van der Waals surface area contributed by atoms with E-state index >= 15 is 0 Å². The van der Waals surface area contributed by atoms with Crippen LogP contribution in [0.1, 0.15) is 40.6 Å². The van der Waals surface area contributed by atoms with Crippen molar-refractivity contribution in [3.8, 4) is 17.2 Å². The van der Waals surface area contributed by atoms with Crippen molar-refractivity contribution in [2.75, 3.05) is 21.3 Å². The maximum absolute atomic E-state index is 13.0. The van der Waals surface area contributed by atoms with Crippen molar-refractivity contribution in [1.29, 1.82) is 0 Å². The number of carbonyl (C=O) groups excluding carboxylic acids is 3. The molecular formula is C23H24N2O7. The fraction of sp³-hybridized carbons (Fsp3) is 0.348. The average Bonchev–Trinajstić information content (AvgIpc) is 3.36. The van der Waals surface area contributed by atoms with Crippen LogP contribution >= 0.6 is 0 Å². The van der Waals surface area contributed by atoms with Crippen LogP contribution in [0.25, 0.3) is 0 Å². The lowest BCUT2D eigenvalue weighted by Crippen LogP contribution is -2.46. The first-order chi connectivity index (χ1) is 15.5. The van der Waals surface area contributed by atoms with Crippen LogP contribution in [0.2, 0.25) is 0 Å². The smallest absolute Gasteiger partial charge is 0.344 e. The normalized spacial score (nSPS) is 19.4. The molecule has 2 aliphatic heterocycles. The van der Waals surface area contributed by atoms with Crippen molar-refractivity contribution in [3.63, 3.8) is 0 Å². The van der Waals surface area contributed by atoms with Gasteiger partial charge in [0.1, 0.15) is 17.4 Å². The van der Waals surface area contributed by atoms with Gasteiger partial charge in [-0.15, -0.1) is 0 Å². The lowest BCUT2D eigenvalue weighted by Gasteiger charge is -2.29. The summed E-state index contributed by atoms with van der Waals surface area (Å²) in [6, 6.07) is 9.89. The van der Waals surface area contributed by atoms with Crippen LogP contribution < -0.4 is 19.5 Å². The molecule has 9 heteroatoms. The SMILES string of the molecule is COc1ccccc1CNC(=O)[C@H]1CCC(=O)N1[C@H]1OC(=O)c2c1ccc(OC)c2OC. The Bertz CT molecular complexity index is 1070. The van der Waals surface area contributed by atoms with Gasteiger partial charge in [-0.25, -0.2) is 4.79 Å². The van der Waals surface area contributed by atoms with Crippen LogP contribution in [0, 0.1) is 0 Å². The fourth-order valence-electron chi connectivity index (χ4n) is 4.19. The number of nitrogens with zero attached hydrogens (tertiary/aromatic N) is 1. The van der Waals surface area contributed by atoms with Gasteiger partial charge in [-0.3, -0.25) is 14.5 Å². The Labute approximate surface area is 185 Å². The summed E-state index contributed by atoms with van der Waals surface area (Å²) in [6.45, 7) is 0.243. The van der Waals surface area contributed by atoms with Gasteiger partial charge < -0.3 is 24.3 Å². The van der Waals surface area contributed by atoms with Crippen molar-refractivity contribution < 1.29 is 33.3 Å². The quantitative estimate of drug-likeness (QED) is 0.658. The second kappa shape index (κ2) is 8.78. The van der Waals surface area contributed by atoms with E-state index in [1.54, 1.807) is 19.2 Å². The van der Waals surface area contributed by atoms with E-state index in [9.17, 15) is 14.4 Å². The average molecular weight is 440 g/mol. The molecule has 168 valence electrons. The summed E-state index contributed by atoms with van der Waals surface area (Å²) in [7, 11) is 4.45. The summed E-state index contributed by atoms with van der Waals surface area (Å²) in [6.07, 6.45) is -0.495. The molecule has 0 aromatic heterocycles. The molecule has 2 atom stereocenters. The largest absolute Gasteiger partial charge is 0.496 e. The van der Waals surface area contributed by atoms with Gasteiger partial charge >= 0.3 is 5.97 Å². The lowest BCUT2D eigenvalue weighted by molar-refractivity contribution is -0.145. The van der Waals surface area contributed by atoms with Crippen LogP contribution in [0.3, 0.4) is 0 Å². The molecule has 1 saturated heterocycles. The highest BCUT2D eigenvalue weighted by Crippen LogP contribution is 2.45. The number of amides is 2. The van der Waals surface area contributed by atoms with Gasteiger partial charge in [-0.05, 0) is 24.6 Å². The lowest BCUT2D eigenvalue weighted by atomic mass is 10.0. The Kier molecular flexibility index (Phi) is 5.89. The van der Waals surface area contributed by atoms with Gasteiger partial charge in [-0.2, -0.15) is 0 Å². The van der Waals surface area contributed by atoms with Crippen molar-refractivity contribution >= 4 is 17.8 Å². The van der Waals surface area contributed by atoms with E-state index < -0.39 is 18.2 Å². The number of para-hydroxylation sites is 1. The van der Waals surface area contributed by atoms with Crippen molar-refractivity contribution in [3.05, 3.63) is 53.1 Å². The molecule has 4 rings (SSSR count). The number of ether oxygens (including phenoxy) is 4. The third-order valence-electron chi connectivity index (χ3n) is 5.72. The van der Waals surface area contributed by atoms with Crippen molar-refractivity contribution in [1.82, 2.24) is 10.2 Å². The molecule has 9 nitrogen and oxygen atoms in total. The monoisotopic (exact) mass is 440 g/mol. The minimum Gasteiger partial charge on any atom is -0.496 e. The van der Waals surface area contributed by atoms with E-state index in [4.69, 9.17) is 18.9 Å². The summed E-state index contributed by atoms with van der Waals surface area (Å²) in [5.74, 6) is 0.0547. The van der Waals surface area contributed by atoms with E-state index in [2.05, 4.69) is 5.32 Å². The van der Waals surface area contributed by atoms with E-state index in [-0.39, 0.29) is 36.1 Å². The molecule has 0 spiro atoms. The highest BCUT2D eigenvalue weighted by molar-refractivity contribution is 5.99. The Morgan fingerprint density at radius 2 is 1.81 bits per heavy atom. The molecule has 0 saturated carbocycles. The third-order valence-corrected chi connectivity index (χ3v) is 5.72. The number of methoxy groups -OCH3 is 3. The number of carbonyl (C=O) groups is 3. The second-order valence-corrected chi connectivity index (χ2v) is 7.41.